The smallest absolute Gasteiger partial charge is 0.460 e. The molecule has 1 heterocycles. The number of unbranched alkanes of at least 4 members (excludes halogenated alkanes) is 1. The Kier molecular flexibility index (Phi) is 6.14. The van der Waals surface area contributed by atoms with Crippen LogP contribution in [0.4, 0.5) is 39.5 Å². The second kappa shape index (κ2) is 7.78. The minimum Gasteiger partial charge on any atom is -0.462 e. The van der Waals surface area contributed by atoms with Crippen LogP contribution in [0.5, 0.6) is 0 Å². The molecule has 0 bridgehead atoms. The summed E-state index contributed by atoms with van der Waals surface area (Å²) in [7, 11) is 0. The third-order valence-electron chi connectivity index (χ3n) is 4.00. The van der Waals surface area contributed by atoms with Crippen LogP contribution in [-0.2, 0) is 9.53 Å². The number of nitrogens with zero attached hydrogens (tertiary/aromatic N) is 3. The van der Waals surface area contributed by atoms with Crippen molar-refractivity contribution in [2.75, 3.05) is 6.61 Å². The molecule has 0 radical (unpaired) electrons. The predicted octanol–water partition coefficient (Wildman–Crippen LogP) is 5.20. The van der Waals surface area contributed by atoms with Crippen molar-refractivity contribution in [3.05, 3.63) is 23.4 Å². The van der Waals surface area contributed by atoms with Crippen molar-refractivity contribution in [1.82, 2.24) is 0 Å². The number of halogens is 9. The lowest BCUT2D eigenvalue weighted by molar-refractivity contribution is -0.396. The summed E-state index contributed by atoms with van der Waals surface area (Å²) in [6.07, 6.45) is -7.34. The van der Waals surface area contributed by atoms with Crippen molar-refractivity contribution in [3.8, 4) is 0 Å². The van der Waals surface area contributed by atoms with Gasteiger partial charge in [-0.15, -0.1) is 10.2 Å². The molecule has 0 aromatic rings. The Bertz CT molecular complexity index is 782. The molecule has 29 heavy (non-hydrogen) atoms. The van der Waals surface area contributed by atoms with Crippen molar-refractivity contribution in [2.45, 2.75) is 49.6 Å². The van der Waals surface area contributed by atoms with Crippen LogP contribution in [0, 0.1) is 0 Å². The molecule has 0 spiro atoms. The molecule has 0 aromatic carbocycles. The summed E-state index contributed by atoms with van der Waals surface area (Å²) in [5.74, 6) is -20.0. The number of rotatable bonds is 8. The quantitative estimate of drug-likeness (QED) is 0.298. The number of alkyl halides is 9. The summed E-state index contributed by atoms with van der Waals surface area (Å²) in [5.41, 5.74) is 0.966. The minimum atomic E-state index is -6.91. The largest absolute Gasteiger partial charge is 0.462 e. The number of esters is 1. The van der Waals surface area contributed by atoms with Gasteiger partial charge in [0.1, 0.15) is 5.70 Å². The van der Waals surface area contributed by atoms with Crippen LogP contribution < -0.4 is 0 Å². The summed E-state index contributed by atoms with van der Waals surface area (Å²) in [6.45, 7) is -0.536. The molecule has 0 unspecified atom stereocenters. The molecular weight excluding hydrogens is 425 g/mol. The molecule has 0 N–H and O–H groups in total. The van der Waals surface area contributed by atoms with E-state index in [1.807, 2.05) is 0 Å². The first-order valence-electron chi connectivity index (χ1n) is 7.97. The Morgan fingerprint density at radius 3 is 2.24 bits per heavy atom. The van der Waals surface area contributed by atoms with E-state index in [-0.39, 0.29) is 12.0 Å². The second-order valence-corrected chi connectivity index (χ2v) is 6.10. The van der Waals surface area contributed by atoms with Gasteiger partial charge in [0.15, 0.2) is 0 Å². The van der Waals surface area contributed by atoms with Gasteiger partial charge in [0.25, 0.3) is 0 Å². The molecule has 0 fully saturated rings. The fourth-order valence-electron chi connectivity index (χ4n) is 2.32. The number of carbonyl (C=O) groups is 1. The van der Waals surface area contributed by atoms with Crippen LogP contribution in [0.3, 0.4) is 0 Å². The average Bonchev–Trinajstić information content (AvgIpc) is 3.07. The summed E-state index contributed by atoms with van der Waals surface area (Å²) < 4.78 is 119. The second-order valence-electron chi connectivity index (χ2n) is 6.10. The molecule has 0 saturated carbocycles. The van der Waals surface area contributed by atoms with Gasteiger partial charge in [-0.3, -0.25) is 0 Å². The summed E-state index contributed by atoms with van der Waals surface area (Å²) in [5, 5.41) is 10.7. The van der Waals surface area contributed by atoms with Crippen molar-refractivity contribution in [2.24, 2.45) is 15.4 Å². The van der Waals surface area contributed by atoms with E-state index in [1.165, 1.54) is 12.2 Å². The third-order valence-corrected chi connectivity index (χ3v) is 4.00. The Morgan fingerprint density at radius 1 is 0.966 bits per heavy atom. The maximum atomic E-state index is 13.3. The van der Waals surface area contributed by atoms with Crippen LogP contribution >= 0.6 is 0 Å². The number of hydrogen-bond donors (Lipinski definition) is 0. The van der Waals surface area contributed by atoms with Gasteiger partial charge >= 0.3 is 29.9 Å². The standard InChI is InChI=1S/C15H12F9N3O2/c16-12(17,13(18,19)14(20,21)15(22,23)24)5-1-2-6-29-11(28)8-3-4-9-10(7-8)26-27-25-9/h3-4H,1-2,5-7H2. The number of carbonyl (C=O) groups excluding carboxylic acids is 1. The van der Waals surface area contributed by atoms with Gasteiger partial charge in [0, 0.05) is 18.4 Å². The van der Waals surface area contributed by atoms with Gasteiger partial charge in [-0.1, -0.05) is 0 Å². The Labute approximate surface area is 157 Å². The molecule has 2 aliphatic rings. The maximum Gasteiger partial charge on any atom is 0.460 e. The van der Waals surface area contributed by atoms with Crippen LogP contribution in [-0.4, -0.2) is 42.2 Å². The van der Waals surface area contributed by atoms with Gasteiger partial charge in [0.2, 0.25) is 0 Å². The lowest BCUT2D eigenvalue weighted by Gasteiger charge is -2.33. The summed E-state index contributed by atoms with van der Waals surface area (Å²) >= 11 is 0. The molecule has 162 valence electrons. The highest BCUT2D eigenvalue weighted by molar-refractivity contribution is 6.08. The zero-order chi connectivity index (χ0) is 22.1. The van der Waals surface area contributed by atoms with Crippen molar-refractivity contribution in [1.29, 1.82) is 0 Å². The van der Waals surface area contributed by atoms with Gasteiger partial charge in [-0.05, 0) is 30.2 Å². The van der Waals surface area contributed by atoms with E-state index in [2.05, 4.69) is 15.4 Å². The molecule has 0 aromatic heterocycles. The molecule has 1 aliphatic heterocycles. The zero-order valence-electron chi connectivity index (χ0n) is 14.3. The molecule has 0 amide bonds. The number of hydrogen-bond acceptors (Lipinski definition) is 5. The SMILES string of the molecule is O=C(OCCCCC(F)(F)C(F)(F)C(F)(F)C(F)(F)F)C1=CC=C2N=NN=C2C1. The first kappa shape index (κ1) is 22.9. The van der Waals surface area contributed by atoms with Gasteiger partial charge in [0.05, 0.1) is 12.3 Å². The van der Waals surface area contributed by atoms with E-state index in [0.717, 1.165) is 0 Å². The highest BCUT2D eigenvalue weighted by Crippen LogP contribution is 2.54. The van der Waals surface area contributed by atoms with E-state index >= 15 is 0 Å². The van der Waals surface area contributed by atoms with E-state index < -0.39 is 55.8 Å². The van der Waals surface area contributed by atoms with Crippen molar-refractivity contribution in [3.63, 3.8) is 0 Å². The fraction of sp³-hybridized carbons (Fsp3) is 0.600. The molecule has 2 rings (SSSR count). The number of fused-ring (bicyclic) bond motifs is 1. The van der Waals surface area contributed by atoms with Crippen LogP contribution in [0.25, 0.3) is 0 Å². The first-order valence-corrected chi connectivity index (χ1v) is 7.97. The normalized spacial score (nSPS) is 17.5. The fourth-order valence-corrected chi connectivity index (χ4v) is 2.32. The molecule has 0 atom stereocenters. The molecule has 5 nitrogen and oxygen atoms in total. The van der Waals surface area contributed by atoms with E-state index in [4.69, 9.17) is 4.74 Å². The highest BCUT2D eigenvalue weighted by Gasteiger charge is 2.81. The third kappa shape index (κ3) is 4.45. The van der Waals surface area contributed by atoms with Crippen molar-refractivity contribution < 1.29 is 49.0 Å². The van der Waals surface area contributed by atoms with Gasteiger partial charge < -0.3 is 4.74 Å². The highest BCUT2D eigenvalue weighted by atomic mass is 19.4. The molecular formula is C15H12F9N3O2. The first-order chi connectivity index (χ1) is 13.2. The topological polar surface area (TPSA) is 63.4 Å². The maximum absolute atomic E-state index is 13.3. The van der Waals surface area contributed by atoms with Crippen LogP contribution in [0.2, 0.25) is 0 Å². The molecule has 14 heteroatoms. The van der Waals surface area contributed by atoms with Crippen LogP contribution in [0.15, 0.2) is 38.9 Å². The van der Waals surface area contributed by atoms with Crippen molar-refractivity contribution >= 4 is 11.7 Å². The summed E-state index contributed by atoms with van der Waals surface area (Å²) in [6, 6.07) is 0. The number of ether oxygens (including phenoxy) is 1. The van der Waals surface area contributed by atoms with Gasteiger partial charge in [-0.2, -0.15) is 39.5 Å². The van der Waals surface area contributed by atoms with E-state index in [1.54, 1.807) is 0 Å². The van der Waals surface area contributed by atoms with Crippen LogP contribution in [0.1, 0.15) is 25.7 Å². The lowest BCUT2D eigenvalue weighted by Crippen LogP contribution is -2.60. The zero-order valence-corrected chi connectivity index (χ0v) is 14.3. The summed E-state index contributed by atoms with van der Waals surface area (Å²) in [4.78, 5) is 11.8. The molecule has 0 saturated heterocycles. The Hall–Kier alpha value is -2.41. The predicted molar refractivity (Wildman–Crippen MR) is 78.8 cm³/mol. The average molecular weight is 437 g/mol. The minimum absolute atomic E-state index is 0.0362. The van der Waals surface area contributed by atoms with E-state index in [9.17, 15) is 44.3 Å². The number of allylic oxidation sites excluding steroid dienone is 3. The Balaban J connectivity index is 1.82. The van der Waals surface area contributed by atoms with Gasteiger partial charge in [-0.25, -0.2) is 4.79 Å². The molecule has 1 aliphatic carbocycles. The lowest BCUT2D eigenvalue weighted by atomic mass is 9.99. The monoisotopic (exact) mass is 437 g/mol. The Morgan fingerprint density at radius 2 is 1.62 bits per heavy atom. The van der Waals surface area contributed by atoms with E-state index in [0.29, 0.717) is 11.4 Å².